The molecule has 0 fully saturated rings. The molecule has 0 amide bonds. The summed E-state index contributed by atoms with van der Waals surface area (Å²) in [5.41, 5.74) is 0. The molecular weight excluding hydrogens is 135 g/mol. The van der Waals surface area contributed by atoms with Gasteiger partial charge in [-0.25, -0.2) is 4.99 Å². The second-order valence-corrected chi connectivity index (χ2v) is 1.32. The summed E-state index contributed by atoms with van der Waals surface area (Å²) in [4.78, 5) is 3.16. The van der Waals surface area contributed by atoms with Gasteiger partial charge in [-0.15, -0.1) is 0 Å². The van der Waals surface area contributed by atoms with Gasteiger partial charge in [0.05, 0.1) is 0 Å². The van der Waals surface area contributed by atoms with E-state index in [0.717, 1.165) is 0 Å². The van der Waals surface area contributed by atoms with E-state index in [2.05, 4.69) is 17.6 Å². The van der Waals surface area contributed by atoms with Crippen LogP contribution in [0.4, 0.5) is 0 Å². The second kappa shape index (κ2) is 7.02. The molecule has 0 saturated heterocycles. The molecule has 0 aromatic heterocycles. The van der Waals surface area contributed by atoms with Crippen molar-refractivity contribution < 1.29 is 51.4 Å². The van der Waals surface area contributed by atoms with Crippen LogP contribution < -0.4 is 51.4 Å². The average Bonchev–Trinajstić information content (AvgIpc) is 1.35. The Morgan fingerprint density at radius 2 is 2.29 bits per heavy atom. The van der Waals surface area contributed by atoms with Crippen LogP contribution in [-0.2, 0) is 12.6 Å². The van der Waals surface area contributed by atoms with Crippen molar-refractivity contribution in [2.75, 3.05) is 0 Å². The molecule has 7 heavy (non-hydrogen) atoms. The van der Waals surface area contributed by atoms with Gasteiger partial charge in [0.25, 0.3) is 0 Å². The number of hydrogen-bond donors (Lipinski definition) is 0. The molecule has 0 saturated carbocycles. The van der Waals surface area contributed by atoms with Crippen LogP contribution in [0.15, 0.2) is 4.99 Å². The van der Waals surface area contributed by atoms with Gasteiger partial charge in [0.1, 0.15) is 0 Å². The van der Waals surface area contributed by atoms with Gasteiger partial charge in [0, 0.05) is 0 Å². The minimum absolute atomic E-state index is 0. The summed E-state index contributed by atoms with van der Waals surface area (Å²) in [6, 6.07) is 0. The quantitative estimate of drug-likeness (QED) is 0.121. The number of nitriles is 1. The minimum Gasteiger partial charge on any atom is -0.764 e. The molecule has 0 aliphatic heterocycles. The Bertz CT molecular complexity index is 100.0. The van der Waals surface area contributed by atoms with E-state index in [4.69, 9.17) is 5.26 Å². The molecule has 0 aromatic carbocycles. The maximum atomic E-state index is 7.73. The van der Waals surface area contributed by atoms with Crippen LogP contribution in [0.1, 0.15) is 6.92 Å². The first-order chi connectivity index (χ1) is 2.77. The van der Waals surface area contributed by atoms with Gasteiger partial charge in [-0.3, -0.25) is 0 Å². The van der Waals surface area contributed by atoms with E-state index in [1.165, 1.54) is 0 Å². The molecule has 0 aromatic rings. The van der Waals surface area contributed by atoms with Crippen LogP contribution in [-0.4, -0.2) is 5.04 Å². The molecular formula is C3H3KN2S. The Morgan fingerprint density at radius 3 is 2.29 bits per heavy atom. The maximum absolute atomic E-state index is 7.73. The molecule has 0 N–H and O–H groups in total. The summed E-state index contributed by atoms with van der Waals surface area (Å²) >= 11 is 4.41. The molecule has 0 heterocycles. The van der Waals surface area contributed by atoms with Gasteiger partial charge in [-0.05, 0) is 6.92 Å². The van der Waals surface area contributed by atoms with Gasteiger partial charge >= 0.3 is 51.4 Å². The van der Waals surface area contributed by atoms with E-state index in [-0.39, 0.29) is 51.4 Å². The Hall–Kier alpha value is 1.02. The zero-order chi connectivity index (χ0) is 4.99. The number of nitrogens with zero attached hydrogens (tertiary/aromatic N) is 2. The standard InChI is InChI=1S/C3H4N2S.K/c1-3(6)5-2-4;/h1H3,(H,5,6);/q;+1/p-1. The summed E-state index contributed by atoms with van der Waals surface area (Å²) < 4.78 is 0. The second-order valence-electron chi connectivity index (χ2n) is 0.731. The molecule has 0 aliphatic carbocycles. The van der Waals surface area contributed by atoms with E-state index >= 15 is 0 Å². The normalized spacial score (nSPS) is 8.86. The Balaban J connectivity index is 0. The molecule has 0 spiro atoms. The third kappa shape index (κ3) is 10.9. The summed E-state index contributed by atoms with van der Waals surface area (Å²) in [5, 5.41) is 8.12. The third-order valence-corrected chi connectivity index (χ3v) is 0.299. The Morgan fingerprint density at radius 1 is 1.86 bits per heavy atom. The van der Waals surface area contributed by atoms with E-state index in [1.807, 2.05) is 0 Å². The van der Waals surface area contributed by atoms with Crippen molar-refractivity contribution in [2.45, 2.75) is 6.92 Å². The molecule has 0 aliphatic rings. The van der Waals surface area contributed by atoms with Crippen molar-refractivity contribution in [1.82, 2.24) is 0 Å². The largest absolute Gasteiger partial charge is 1.00 e. The van der Waals surface area contributed by atoms with E-state index in [0.29, 0.717) is 5.04 Å². The van der Waals surface area contributed by atoms with E-state index in [9.17, 15) is 0 Å². The van der Waals surface area contributed by atoms with E-state index < -0.39 is 0 Å². The number of aliphatic imine (C=N–C) groups is 1. The summed E-state index contributed by atoms with van der Waals surface area (Å²) in [6.07, 6.45) is 1.55. The fraction of sp³-hybridized carbons (Fsp3) is 0.333. The summed E-state index contributed by atoms with van der Waals surface area (Å²) in [5.74, 6) is 0. The predicted octanol–water partition coefficient (Wildman–Crippen LogP) is -2.56. The van der Waals surface area contributed by atoms with Crippen LogP contribution in [0.3, 0.4) is 0 Å². The minimum atomic E-state index is 0. The van der Waals surface area contributed by atoms with Crippen molar-refractivity contribution in [1.29, 1.82) is 5.26 Å². The first kappa shape index (κ1) is 10.9. The molecule has 32 valence electrons. The van der Waals surface area contributed by atoms with Crippen LogP contribution in [0.5, 0.6) is 0 Å². The van der Waals surface area contributed by atoms with Crippen molar-refractivity contribution in [3.05, 3.63) is 0 Å². The topological polar surface area (TPSA) is 36.1 Å². The Labute approximate surface area is 90.8 Å². The molecule has 0 atom stereocenters. The van der Waals surface area contributed by atoms with Crippen LogP contribution in [0, 0.1) is 11.5 Å². The average molecular weight is 138 g/mol. The van der Waals surface area contributed by atoms with Gasteiger partial charge in [0.15, 0.2) is 0 Å². The fourth-order valence-electron chi connectivity index (χ4n) is 0.0704. The first-order valence-corrected chi connectivity index (χ1v) is 1.78. The number of rotatable bonds is 0. The third-order valence-electron chi connectivity index (χ3n) is 0.207. The van der Waals surface area contributed by atoms with E-state index in [1.54, 1.807) is 13.1 Å². The van der Waals surface area contributed by atoms with Crippen molar-refractivity contribution in [3.8, 4) is 6.19 Å². The monoisotopic (exact) mass is 138 g/mol. The smallest absolute Gasteiger partial charge is 0.764 e. The molecule has 4 heteroatoms. The summed E-state index contributed by atoms with van der Waals surface area (Å²) in [7, 11) is 0. The number of hydrogen-bond acceptors (Lipinski definition) is 3. The predicted molar refractivity (Wildman–Crippen MR) is 26.1 cm³/mol. The van der Waals surface area contributed by atoms with Gasteiger partial charge in [0.2, 0.25) is 6.19 Å². The fourth-order valence-corrected chi connectivity index (χ4v) is 0.111. The first-order valence-electron chi connectivity index (χ1n) is 1.37. The zero-order valence-electron chi connectivity index (χ0n) is 4.30. The SMILES string of the molecule is CC([S-])=NC#N.[K+]. The van der Waals surface area contributed by atoms with Gasteiger partial charge in [-0.2, -0.15) is 5.26 Å². The van der Waals surface area contributed by atoms with Crippen LogP contribution >= 0.6 is 0 Å². The molecule has 0 radical (unpaired) electrons. The maximum Gasteiger partial charge on any atom is 1.00 e. The molecule has 0 bridgehead atoms. The van der Waals surface area contributed by atoms with Crippen molar-refractivity contribution in [3.63, 3.8) is 0 Å². The zero-order valence-corrected chi connectivity index (χ0v) is 8.24. The molecule has 0 unspecified atom stereocenters. The summed E-state index contributed by atoms with van der Waals surface area (Å²) in [6.45, 7) is 1.60. The van der Waals surface area contributed by atoms with Crippen molar-refractivity contribution >= 4 is 17.7 Å². The molecule has 0 rings (SSSR count). The van der Waals surface area contributed by atoms with Crippen LogP contribution in [0.25, 0.3) is 0 Å². The molecule has 2 nitrogen and oxygen atoms in total. The van der Waals surface area contributed by atoms with Gasteiger partial charge < -0.3 is 12.6 Å². The van der Waals surface area contributed by atoms with Crippen LogP contribution in [0.2, 0.25) is 0 Å². The van der Waals surface area contributed by atoms with Gasteiger partial charge in [-0.1, -0.05) is 5.04 Å². The Kier molecular flexibility index (Phi) is 10.9. The van der Waals surface area contributed by atoms with Crippen molar-refractivity contribution in [2.24, 2.45) is 4.99 Å².